The highest BCUT2D eigenvalue weighted by molar-refractivity contribution is 5.71. The highest BCUT2D eigenvalue weighted by Gasteiger charge is 2.33. The Labute approximate surface area is 72.2 Å². The molecule has 0 radical (unpaired) electrons. The van der Waals surface area contributed by atoms with Crippen molar-refractivity contribution in [3.63, 3.8) is 0 Å². The Morgan fingerprint density at radius 3 is 1.92 bits per heavy atom. The number of ether oxygens (including phenoxy) is 1. The normalized spacial score (nSPS) is 12.3. The minimum atomic E-state index is -2.35. The monoisotopic (exact) mass is 176 g/mol. The number of hydrogen-bond acceptors (Lipinski definition) is 4. The molecule has 4 nitrogen and oxygen atoms in total. The van der Waals surface area contributed by atoms with Gasteiger partial charge in [-0.25, -0.2) is 0 Å². The van der Waals surface area contributed by atoms with Gasteiger partial charge in [0.05, 0.1) is 5.92 Å². The van der Waals surface area contributed by atoms with Gasteiger partial charge in [-0.2, -0.15) is 0 Å². The average molecular weight is 176 g/mol. The summed E-state index contributed by atoms with van der Waals surface area (Å²) in [5.41, 5.74) is 0. The molecule has 0 aliphatic rings. The summed E-state index contributed by atoms with van der Waals surface area (Å²) in [7, 11) is 0. The van der Waals surface area contributed by atoms with Gasteiger partial charge in [-0.05, 0) is 0 Å². The van der Waals surface area contributed by atoms with Crippen molar-refractivity contribution >= 4 is 5.97 Å². The second-order valence-electron chi connectivity index (χ2n) is 3.39. The zero-order chi connectivity index (χ0) is 9.94. The average Bonchev–Trinajstić information content (AvgIpc) is 1.85. The fraction of sp³-hybridized carbons (Fsp3) is 0.875. The highest BCUT2D eigenvalue weighted by atomic mass is 16.8. The second-order valence-corrected chi connectivity index (χ2v) is 3.39. The Balaban J connectivity index is 4.15. The standard InChI is InChI=1S/C8H16O4/c1-5(2)7(9)12-8(10,11)6(3)4/h5-6,10-11H,1-4H3. The topological polar surface area (TPSA) is 66.8 Å². The van der Waals surface area contributed by atoms with Gasteiger partial charge >= 0.3 is 11.9 Å². The molecular weight excluding hydrogens is 160 g/mol. The fourth-order valence-corrected chi connectivity index (χ4v) is 0.384. The van der Waals surface area contributed by atoms with Crippen LogP contribution in [0.3, 0.4) is 0 Å². The van der Waals surface area contributed by atoms with Crippen LogP contribution in [0.1, 0.15) is 27.7 Å². The summed E-state index contributed by atoms with van der Waals surface area (Å²) in [6.07, 6.45) is 0. The maximum atomic E-state index is 10.9. The molecule has 0 aliphatic carbocycles. The zero-order valence-electron chi connectivity index (χ0n) is 7.87. The lowest BCUT2D eigenvalue weighted by molar-refractivity contribution is -0.342. The van der Waals surface area contributed by atoms with Crippen molar-refractivity contribution in [3.05, 3.63) is 0 Å². The van der Waals surface area contributed by atoms with Gasteiger partial charge in [0, 0.05) is 5.92 Å². The molecule has 0 amide bonds. The molecule has 0 aromatic carbocycles. The predicted octanol–water partition coefficient (Wildman–Crippen LogP) is 0.480. The maximum Gasteiger partial charge on any atom is 0.326 e. The van der Waals surface area contributed by atoms with Crippen molar-refractivity contribution in [1.29, 1.82) is 0 Å². The molecule has 0 heterocycles. The molecule has 0 unspecified atom stereocenters. The number of hydrogen-bond donors (Lipinski definition) is 2. The third-order valence-electron chi connectivity index (χ3n) is 1.47. The third-order valence-corrected chi connectivity index (χ3v) is 1.47. The van der Waals surface area contributed by atoms with Crippen molar-refractivity contribution in [2.24, 2.45) is 11.8 Å². The van der Waals surface area contributed by atoms with Crippen molar-refractivity contribution in [2.75, 3.05) is 0 Å². The van der Waals surface area contributed by atoms with E-state index in [0.29, 0.717) is 0 Å². The molecule has 0 aromatic heterocycles. The molecule has 0 atom stereocenters. The Kier molecular flexibility index (Phi) is 3.67. The molecule has 12 heavy (non-hydrogen) atoms. The Morgan fingerprint density at radius 1 is 1.25 bits per heavy atom. The number of aliphatic hydroxyl groups is 2. The summed E-state index contributed by atoms with van der Waals surface area (Å²) >= 11 is 0. The summed E-state index contributed by atoms with van der Waals surface area (Å²) in [6.45, 7) is 6.35. The predicted molar refractivity (Wildman–Crippen MR) is 42.9 cm³/mol. The van der Waals surface area contributed by atoms with E-state index in [1.165, 1.54) is 0 Å². The van der Waals surface area contributed by atoms with Crippen molar-refractivity contribution in [1.82, 2.24) is 0 Å². The largest absolute Gasteiger partial charge is 0.408 e. The molecule has 2 N–H and O–H groups in total. The van der Waals surface area contributed by atoms with E-state index in [0.717, 1.165) is 0 Å². The second kappa shape index (κ2) is 3.87. The lowest BCUT2D eigenvalue weighted by Gasteiger charge is -2.25. The minimum absolute atomic E-state index is 0.359. The summed E-state index contributed by atoms with van der Waals surface area (Å²) in [5, 5.41) is 18.2. The lowest BCUT2D eigenvalue weighted by Crippen LogP contribution is -2.40. The van der Waals surface area contributed by atoms with Crippen molar-refractivity contribution < 1.29 is 19.7 Å². The van der Waals surface area contributed by atoms with E-state index in [1.54, 1.807) is 27.7 Å². The SMILES string of the molecule is CC(C)C(=O)OC(O)(O)C(C)C. The number of rotatable bonds is 3. The molecule has 0 rings (SSSR count). The van der Waals surface area contributed by atoms with Crippen LogP contribution >= 0.6 is 0 Å². The number of carbonyl (C=O) groups is 1. The van der Waals surface area contributed by atoms with Crippen molar-refractivity contribution in [3.8, 4) is 0 Å². The van der Waals surface area contributed by atoms with Crippen LogP contribution in [0.5, 0.6) is 0 Å². The van der Waals surface area contributed by atoms with Gasteiger partial charge in [0.1, 0.15) is 0 Å². The summed E-state index contributed by atoms with van der Waals surface area (Å²) in [4.78, 5) is 10.9. The van der Waals surface area contributed by atoms with Crippen LogP contribution in [0.2, 0.25) is 0 Å². The smallest absolute Gasteiger partial charge is 0.326 e. The zero-order valence-corrected chi connectivity index (χ0v) is 7.87. The third kappa shape index (κ3) is 3.19. The molecular formula is C8H16O4. The molecule has 0 bridgehead atoms. The molecule has 0 aliphatic heterocycles. The first-order valence-electron chi connectivity index (χ1n) is 3.95. The van der Waals surface area contributed by atoms with Crippen LogP contribution in [-0.2, 0) is 9.53 Å². The molecule has 0 saturated heterocycles. The van der Waals surface area contributed by atoms with Gasteiger partial charge in [0.25, 0.3) is 0 Å². The molecule has 0 spiro atoms. The number of esters is 1. The Bertz CT molecular complexity index is 160. The van der Waals surface area contributed by atoms with Gasteiger partial charge in [-0.15, -0.1) is 0 Å². The van der Waals surface area contributed by atoms with Crippen LogP contribution in [-0.4, -0.2) is 22.2 Å². The molecule has 4 heteroatoms. The van der Waals surface area contributed by atoms with Gasteiger partial charge in [0.15, 0.2) is 0 Å². The quantitative estimate of drug-likeness (QED) is 0.485. The summed E-state index contributed by atoms with van der Waals surface area (Å²) in [6, 6.07) is 0. The van der Waals surface area contributed by atoms with E-state index < -0.39 is 17.9 Å². The lowest BCUT2D eigenvalue weighted by atomic mass is 10.1. The van der Waals surface area contributed by atoms with Gasteiger partial charge in [-0.1, -0.05) is 27.7 Å². The van der Waals surface area contributed by atoms with Crippen LogP contribution < -0.4 is 0 Å². The van der Waals surface area contributed by atoms with E-state index in [-0.39, 0.29) is 5.92 Å². The first-order valence-corrected chi connectivity index (χ1v) is 3.95. The first kappa shape index (κ1) is 11.4. The Morgan fingerprint density at radius 2 is 1.67 bits per heavy atom. The summed E-state index contributed by atoms with van der Waals surface area (Å²) in [5.74, 6) is -3.86. The van der Waals surface area contributed by atoms with Crippen LogP contribution in [0.15, 0.2) is 0 Å². The van der Waals surface area contributed by atoms with Gasteiger partial charge in [0.2, 0.25) is 0 Å². The highest BCUT2D eigenvalue weighted by Crippen LogP contribution is 2.16. The van der Waals surface area contributed by atoms with Crippen LogP contribution in [0.25, 0.3) is 0 Å². The van der Waals surface area contributed by atoms with Crippen LogP contribution in [0.4, 0.5) is 0 Å². The molecule has 0 aromatic rings. The Hall–Kier alpha value is -0.610. The summed E-state index contributed by atoms with van der Waals surface area (Å²) < 4.78 is 4.43. The van der Waals surface area contributed by atoms with E-state index in [9.17, 15) is 4.79 Å². The van der Waals surface area contributed by atoms with Gasteiger partial charge in [-0.3, -0.25) is 4.79 Å². The minimum Gasteiger partial charge on any atom is -0.408 e. The van der Waals surface area contributed by atoms with Crippen molar-refractivity contribution in [2.45, 2.75) is 33.7 Å². The van der Waals surface area contributed by atoms with Gasteiger partial charge < -0.3 is 14.9 Å². The van der Waals surface area contributed by atoms with E-state index in [1.807, 2.05) is 0 Å². The van der Waals surface area contributed by atoms with E-state index in [4.69, 9.17) is 10.2 Å². The first-order chi connectivity index (χ1) is 5.27. The van der Waals surface area contributed by atoms with E-state index >= 15 is 0 Å². The van der Waals surface area contributed by atoms with E-state index in [2.05, 4.69) is 4.74 Å². The number of carbonyl (C=O) groups excluding carboxylic acids is 1. The fourth-order valence-electron chi connectivity index (χ4n) is 0.384. The molecule has 0 saturated carbocycles. The molecule has 0 fully saturated rings. The van der Waals surface area contributed by atoms with Crippen LogP contribution in [0, 0.1) is 11.8 Å². The molecule has 72 valence electrons. The maximum absolute atomic E-state index is 10.9.